The fourth-order valence-electron chi connectivity index (χ4n) is 1.50. The maximum atomic E-state index is 11.8. The van der Waals surface area contributed by atoms with Gasteiger partial charge in [0.15, 0.2) is 0 Å². The first-order valence-corrected chi connectivity index (χ1v) is 6.58. The summed E-state index contributed by atoms with van der Waals surface area (Å²) >= 11 is 11.8. The minimum atomic E-state index is -0.529. The molecule has 0 atom stereocenters. The molecule has 2 aromatic rings. The van der Waals surface area contributed by atoms with Crippen LogP contribution in [0.5, 0.6) is 0 Å². The number of para-hydroxylation sites is 1. The maximum absolute atomic E-state index is 11.8. The van der Waals surface area contributed by atoms with Gasteiger partial charge in [-0.05, 0) is 30.7 Å². The number of ether oxygens (including phenoxy) is 1. The summed E-state index contributed by atoms with van der Waals surface area (Å²) in [6, 6.07) is 7.08. The summed E-state index contributed by atoms with van der Waals surface area (Å²) in [5, 5.41) is 3.47. The number of halogens is 2. The quantitative estimate of drug-likeness (QED) is 0.689. The fraction of sp³-hybridized carbons (Fsp3) is 0.154. The van der Waals surface area contributed by atoms with Crippen LogP contribution >= 0.6 is 23.2 Å². The first-order chi connectivity index (χ1) is 9.61. The molecular weight excluding hydrogens is 301 g/mol. The lowest BCUT2D eigenvalue weighted by molar-refractivity contribution is 0.0526. The number of carbonyl (C=O) groups excluding carboxylic acids is 1. The van der Waals surface area contributed by atoms with Gasteiger partial charge in [-0.1, -0.05) is 23.7 Å². The molecule has 1 heterocycles. The minimum absolute atomic E-state index is 0.0209. The molecule has 1 N–H and O–H groups in total. The Kier molecular flexibility index (Phi) is 4.76. The van der Waals surface area contributed by atoms with Gasteiger partial charge >= 0.3 is 5.97 Å². The van der Waals surface area contributed by atoms with E-state index in [1.165, 1.54) is 6.20 Å². The SMILES string of the molecule is CCOC(=O)c1cnc(Cl)nc1Nc1ccccc1Cl. The second kappa shape index (κ2) is 6.54. The molecule has 0 unspecified atom stereocenters. The lowest BCUT2D eigenvalue weighted by Gasteiger charge is -2.11. The minimum Gasteiger partial charge on any atom is -0.462 e. The summed E-state index contributed by atoms with van der Waals surface area (Å²) in [7, 11) is 0. The zero-order valence-corrected chi connectivity index (χ0v) is 12.1. The van der Waals surface area contributed by atoms with Gasteiger partial charge in [0.2, 0.25) is 5.28 Å². The average molecular weight is 312 g/mol. The molecule has 1 aromatic heterocycles. The molecule has 0 aliphatic carbocycles. The molecule has 0 aliphatic rings. The number of nitrogens with one attached hydrogen (secondary N) is 1. The van der Waals surface area contributed by atoms with Crippen LogP contribution in [0.3, 0.4) is 0 Å². The number of benzene rings is 1. The molecular formula is C13H11Cl2N3O2. The molecule has 0 spiro atoms. The van der Waals surface area contributed by atoms with Crippen LogP contribution in [0.4, 0.5) is 11.5 Å². The van der Waals surface area contributed by atoms with Crippen LogP contribution in [0.15, 0.2) is 30.5 Å². The van der Waals surface area contributed by atoms with E-state index < -0.39 is 5.97 Å². The van der Waals surface area contributed by atoms with Crippen molar-refractivity contribution in [1.82, 2.24) is 9.97 Å². The zero-order valence-electron chi connectivity index (χ0n) is 10.6. The van der Waals surface area contributed by atoms with Gasteiger partial charge in [0.1, 0.15) is 11.4 Å². The van der Waals surface area contributed by atoms with Gasteiger partial charge in [-0.25, -0.2) is 9.78 Å². The summed E-state index contributed by atoms with van der Waals surface area (Å²) in [4.78, 5) is 19.6. The second-order valence-corrected chi connectivity index (χ2v) is 4.47. The van der Waals surface area contributed by atoms with Crippen molar-refractivity contribution in [2.75, 3.05) is 11.9 Å². The first-order valence-electron chi connectivity index (χ1n) is 5.83. The van der Waals surface area contributed by atoms with Crippen molar-refractivity contribution in [1.29, 1.82) is 0 Å². The van der Waals surface area contributed by atoms with Crippen LogP contribution in [0.2, 0.25) is 10.3 Å². The van der Waals surface area contributed by atoms with Crippen LogP contribution < -0.4 is 5.32 Å². The van der Waals surface area contributed by atoms with Crippen molar-refractivity contribution in [2.45, 2.75) is 6.92 Å². The number of nitrogens with zero attached hydrogens (tertiary/aromatic N) is 2. The van der Waals surface area contributed by atoms with Crippen molar-refractivity contribution in [3.63, 3.8) is 0 Å². The van der Waals surface area contributed by atoms with E-state index in [1.807, 2.05) is 0 Å². The van der Waals surface area contributed by atoms with E-state index >= 15 is 0 Å². The van der Waals surface area contributed by atoms with E-state index in [4.69, 9.17) is 27.9 Å². The molecule has 0 saturated heterocycles. The monoisotopic (exact) mass is 311 g/mol. The Morgan fingerprint density at radius 1 is 1.35 bits per heavy atom. The Labute approximate surface area is 125 Å². The maximum Gasteiger partial charge on any atom is 0.343 e. The number of rotatable bonds is 4. The number of carbonyl (C=O) groups is 1. The van der Waals surface area contributed by atoms with Crippen molar-refractivity contribution >= 4 is 40.7 Å². The van der Waals surface area contributed by atoms with Crippen molar-refractivity contribution in [3.05, 3.63) is 46.3 Å². The molecule has 0 amide bonds. The molecule has 0 saturated carbocycles. The van der Waals surface area contributed by atoms with Gasteiger partial charge in [-0.2, -0.15) is 4.98 Å². The Balaban J connectivity index is 2.37. The Bertz CT molecular complexity index is 635. The number of anilines is 2. The van der Waals surface area contributed by atoms with E-state index in [1.54, 1.807) is 31.2 Å². The molecule has 7 heteroatoms. The smallest absolute Gasteiger partial charge is 0.343 e. The second-order valence-electron chi connectivity index (χ2n) is 3.73. The number of aromatic nitrogens is 2. The summed E-state index contributed by atoms with van der Waals surface area (Å²) < 4.78 is 4.94. The normalized spacial score (nSPS) is 10.2. The Hall–Kier alpha value is -1.85. The molecule has 0 aliphatic heterocycles. The van der Waals surface area contributed by atoms with Gasteiger partial charge in [0.05, 0.1) is 17.3 Å². The summed E-state index contributed by atoms with van der Waals surface area (Å²) in [5.74, 6) is -0.282. The topological polar surface area (TPSA) is 64.1 Å². The number of hydrogen-bond acceptors (Lipinski definition) is 5. The van der Waals surface area contributed by atoms with E-state index in [0.717, 1.165) is 0 Å². The highest BCUT2D eigenvalue weighted by Crippen LogP contribution is 2.26. The lowest BCUT2D eigenvalue weighted by atomic mass is 10.2. The molecule has 0 fully saturated rings. The Morgan fingerprint density at radius 3 is 2.80 bits per heavy atom. The molecule has 0 radical (unpaired) electrons. The van der Waals surface area contributed by atoms with Gasteiger partial charge in [0, 0.05) is 6.20 Å². The lowest BCUT2D eigenvalue weighted by Crippen LogP contribution is -2.10. The zero-order chi connectivity index (χ0) is 14.5. The van der Waals surface area contributed by atoms with Gasteiger partial charge in [-0.15, -0.1) is 0 Å². The average Bonchev–Trinajstić information content (AvgIpc) is 2.42. The third-order valence-electron chi connectivity index (χ3n) is 2.38. The molecule has 104 valence electrons. The van der Waals surface area contributed by atoms with Crippen molar-refractivity contribution in [2.24, 2.45) is 0 Å². The van der Waals surface area contributed by atoms with E-state index in [2.05, 4.69) is 15.3 Å². The third kappa shape index (κ3) is 3.37. The van der Waals surface area contributed by atoms with Crippen LogP contribution in [-0.4, -0.2) is 22.5 Å². The molecule has 1 aromatic carbocycles. The molecule has 2 rings (SSSR count). The summed E-state index contributed by atoms with van der Waals surface area (Å²) in [5.41, 5.74) is 0.797. The van der Waals surface area contributed by atoms with Crippen molar-refractivity contribution in [3.8, 4) is 0 Å². The van der Waals surface area contributed by atoms with Gasteiger partial charge in [-0.3, -0.25) is 0 Å². The van der Waals surface area contributed by atoms with Crippen LogP contribution in [0.25, 0.3) is 0 Å². The predicted molar refractivity (Wildman–Crippen MR) is 77.7 cm³/mol. The standard InChI is InChI=1S/C13H11Cl2N3O2/c1-2-20-12(19)8-7-16-13(15)18-11(8)17-10-6-4-3-5-9(10)14/h3-7H,2H2,1H3,(H,16,17,18). The van der Waals surface area contributed by atoms with Crippen molar-refractivity contribution < 1.29 is 9.53 Å². The van der Waals surface area contributed by atoms with Crippen LogP contribution in [-0.2, 0) is 4.74 Å². The highest BCUT2D eigenvalue weighted by Gasteiger charge is 2.16. The fourth-order valence-corrected chi connectivity index (χ4v) is 1.82. The summed E-state index contributed by atoms with van der Waals surface area (Å²) in [6.07, 6.45) is 1.31. The predicted octanol–water partition coefficient (Wildman–Crippen LogP) is 3.70. The van der Waals surface area contributed by atoms with E-state index in [0.29, 0.717) is 10.7 Å². The highest BCUT2D eigenvalue weighted by molar-refractivity contribution is 6.33. The largest absolute Gasteiger partial charge is 0.462 e. The van der Waals surface area contributed by atoms with E-state index in [9.17, 15) is 4.79 Å². The Morgan fingerprint density at radius 2 is 2.10 bits per heavy atom. The number of hydrogen-bond donors (Lipinski definition) is 1. The molecule has 20 heavy (non-hydrogen) atoms. The molecule has 0 bridgehead atoms. The molecule has 5 nitrogen and oxygen atoms in total. The highest BCUT2D eigenvalue weighted by atomic mass is 35.5. The first kappa shape index (κ1) is 14.6. The van der Waals surface area contributed by atoms with Gasteiger partial charge in [0.25, 0.3) is 0 Å². The van der Waals surface area contributed by atoms with Gasteiger partial charge < -0.3 is 10.1 Å². The van der Waals surface area contributed by atoms with E-state index in [-0.39, 0.29) is 23.3 Å². The summed E-state index contributed by atoms with van der Waals surface area (Å²) in [6.45, 7) is 1.98. The van der Waals surface area contributed by atoms with Crippen LogP contribution in [0.1, 0.15) is 17.3 Å². The van der Waals surface area contributed by atoms with Crippen LogP contribution in [0, 0.1) is 0 Å². The number of esters is 1. The third-order valence-corrected chi connectivity index (χ3v) is 2.89.